The van der Waals surface area contributed by atoms with Crippen LogP contribution in [0.4, 0.5) is 0 Å². The van der Waals surface area contributed by atoms with E-state index in [0.717, 1.165) is 10.9 Å². The number of nitrogens with one attached hydrogen (secondary N) is 1. The van der Waals surface area contributed by atoms with Crippen molar-refractivity contribution in [3.63, 3.8) is 0 Å². The summed E-state index contributed by atoms with van der Waals surface area (Å²) >= 11 is 3.43. The second-order valence-electron chi connectivity index (χ2n) is 4.37. The Morgan fingerprint density at radius 3 is 2.67 bits per heavy atom. The molecule has 1 aromatic carbocycles. The third-order valence-corrected chi connectivity index (χ3v) is 3.23. The molecule has 0 radical (unpaired) electrons. The highest BCUT2D eigenvalue weighted by Gasteiger charge is 2.04. The van der Waals surface area contributed by atoms with Gasteiger partial charge >= 0.3 is 0 Å². The standard InChI is InChI=1S/C14H18BrNO2/c1-10-3-5-13(15)9-12(10)7-8-16-14(18)6-4-11(2)17/h3,5,9H,4,6-8H2,1-2H3,(H,16,18). The van der Waals surface area contributed by atoms with Gasteiger partial charge in [-0.1, -0.05) is 22.0 Å². The van der Waals surface area contributed by atoms with Crippen LogP contribution in [0.1, 0.15) is 30.9 Å². The number of amides is 1. The Kier molecular flexibility index (Phi) is 6.05. The van der Waals surface area contributed by atoms with Gasteiger partial charge in [0.05, 0.1) is 0 Å². The quantitative estimate of drug-likeness (QED) is 0.878. The van der Waals surface area contributed by atoms with Crippen molar-refractivity contribution in [2.75, 3.05) is 6.54 Å². The number of carbonyl (C=O) groups is 2. The van der Waals surface area contributed by atoms with E-state index in [4.69, 9.17) is 0 Å². The highest BCUT2D eigenvalue weighted by atomic mass is 79.9. The van der Waals surface area contributed by atoms with Gasteiger partial charge in [0.1, 0.15) is 5.78 Å². The van der Waals surface area contributed by atoms with Crippen LogP contribution in [0.2, 0.25) is 0 Å². The summed E-state index contributed by atoms with van der Waals surface area (Å²) in [6.07, 6.45) is 1.41. The fraction of sp³-hybridized carbons (Fsp3) is 0.429. The van der Waals surface area contributed by atoms with Crippen LogP contribution in [0.5, 0.6) is 0 Å². The smallest absolute Gasteiger partial charge is 0.220 e. The molecule has 1 amide bonds. The lowest BCUT2D eigenvalue weighted by Crippen LogP contribution is -2.26. The van der Waals surface area contributed by atoms with Gasteiger partial charge in [-0.05, 0) is 43.5 Å². The highest BCUT2D eigenvalue weighted by molar-refractivity contribution is 9.10. The van der Waals surface area contributed by atoms with Gasteiger partial charge in [0, 0.05) is 23.9 Å². The number of ketones is 1. The van der Waals surface area contributed by atoms with Gasteiger partial charge in [-0.3, -0.25) is 4.79 Å². The Morgan fingerprint density at radius 1 is 1.28 bits per heavy atom. The molecule has 1 aromatic rings. The van der Waals surface area contributed by atoms with E-state index in [-0.39, 0.29) is 18.1 Å². The summed E-state index contributed by atoms with van der Waals surface area (Å²) in [5.41, 5.74) is 2.44. The first kappa shape index (κ1) is 14.9. The fourth-order valence-corrected chi connectivity index (χ4v) is 2.03. The van der Waals surface area contributed by atoms with Gasteiger partial charge in [0.2, 0.25) is 5.91 Å². The van der Waals surface area contributed by atoms with Gasteiger partial charge in [0.15, 0.2) is 0 Å². The van der Waals surface area contributed by atoms with Gasteiger partial charge in [-0.15, -0.1) is 0 Å². The minimum Gasteiger partial charge on any atom is -0.356 e. The number of halogens is 1. The average Bonchev–Trinajstić information content (AvgIpc) is 2.31. The first-order valence-electron chi connectivity index (χ1n) is 6.00. The number of aryl methyl sites for hydroxylation is 1. The van der Waals surface area contributed by atoms with Crippen LogP contribution in [-0.4, -0.2) is 18.2 Å². The Labute approximate surface area is 116 Å². The van der Waals surface area contributed by atoms with E-state index in [1.165, 1.54) is 18.1 Å². The zero-order valence-electron chi connectivity index (χ0n) is 10.8. The first-order valence-corrected chi connectivity index (χ1v) is 6.79. The van der Waals surface area contributed by atoms with Crippen molar-refractivity contribution in [3.8, 4) is 0 Å². The van der Waals surface area contributed by atoms with E-state index < -0.39 is 0 Å². The van der Waals surface area contributed by atoms with Gasteiger partial charge in [-0.2, -0.15) is 0 Å². The molecule has 0 saturated heterocycles. The number of hydrogen-bond acceptors (Lipinski definition) is 2. The molecule has 1 rings (SSSR count). The lowest BCUT2D eigenvalue weighted by molar-refractivity contribution is -0.124. The summed E-state index contributed by atoms with van der Waals surface area (Å²) in [4.78, 5) is 22.2. The van der Waals surface area contributed by atoms with Crippen LogP contribution in [0.15, 0.2) is 22.7 Å². The van der Waals surface area contributed by atoms with Crippen LogP contribution < -0.4 is 5.32 Å². The highest BCUT2D eigenvalue weighted by Crippen LogP contribution is 2.16. The fourth-order valence-electron chi connectivity index (χ4n) is 1.62. The van der Waals surface area contributed by atoms with E-state index in [1.807, 2.05) is 6.07 Å². The molecule has 0 spiro atoms. The van der Waals surface area contributed by atoms with Gasteiger partial charge in [-0.25, -0.2) is 0 Å². The van der Waals surface area contributed by atoms with Gasteiger partial charge in [0.25, 0.3) is 0 Å². The molecule has 18 heavy (non-hydrogen) atoms. The Balaban J connectivity index is 2.35. The number of Topliss-reactive ketones (excluding diaryl/α,β-unsaturated/α-hetero) is 1. The molecule has 0 heterocycles. The minimum absolute atomic E-state index is 0.0491. The van der Waals surface area contributed by atoms with E-state index in [1.54, 1.807) is 0 Å². The van der Waals surface area contributed by atoms with Crippen molar-refractivity contribution in [2.45, 2.75) is 33.1 Å². The predicted octanol–water partition coefficient (Wildman–Crippen LogP) is 2.79. The number of rotatable bonds is 6. The molecule has 1 N–H and O–H groups in total. The average molecular weight is 312 g/mol. The summed E-state index contributed by atoms with van der Waals surface area (Å²) in [6, 6.07) is 6.12. The molecular formula is C14H18BrNO2. The maximum atomic E-state index is 11.4. The SMILES string of the molecule is CC(=O)CCC(=O)NCCc1cc(Br)ccc1C. The van der Waals surface area contributed by atoms with Crippen molar-refractivity contribution in [1.29, 1.82) is 0 Å². The summed E-state index contributed by atoms with van der Waals surface area (Å²) in [5.74, 6) is -0.00849. The molecule has 0 fully saturated rings. The predicted molar refractivity (Wildman–Crippen MR) is 75.5 cm³/mol. The molecule has 98 valence electrons. The Morgan fingerprint density at radius 2 is 2.00 bits per heavy atom. The monoisotopic (exact) mass is 311 g/mol. The van der Waals surface area contributed by atoms with Crippen molar-refractivity contribution in [2.24, 2.45) is 0 Å². The minimum atomic E-state index is -0.0575. The van der Waals surface area contributed by atoms with Crippen LogP contribution >= 0.6 is 15.9 Å². The van der Waals surface area contributed by atoms with E-state index in [2.05, 4.69) is 40.3 Å². The molecule has 0 aliphatic rings. The maximum absolute atomic E-state index is 11.4. The normalized spacial score (nSPS) is 10.2. The van der Waals surface area contributed by atoms with Crippen LogP contribution in [0, 0.1) is 6.92 Å². The Hall–Kier alpha value is -1.16. The molecule has 0 bridgehead atoms. The van der Waals surface area contributed by atoms with Crippen LogP contribution in [-0.2, 0) is 16.0 Å². The summed E-state index contributed by atoms with van der Waals surface area (Å²) < 4.78 is 1.05. The molecular weight excluding hydrogens is 294 g/mol. The third-order valence-electron chi connectivity index (χ3n) is 2.73. The maximum Gasteiger partial charge on any atom is 0.220 e. The molecule has 0 atom stereocenters. The van der Waals surface area contributed by atoms with Crippen molar-refractivity contribution in [3.05, 3.63) is 33.8 Å². The molecule has 3 nitrogen and oxygen atoms in total. The molecule has 0 aliphatic carbocycles. The zero-order valence-corrected chi connectivity index (χ0v) is 12.3. The topological polar surface area (TPSA) is 46.2 Å². The molecule has 0 aliphatic heterocycles. The number of hydrogen-bond donors (Lipinski definition) is 1. The molecule has 0 unspecified atom stereocenters. The second kappa shape index (κ2) is 7.31. The second-order valence-corrected chi connectivity index (χ2v) is 5.29. The van der Waals surface area contributed by atoms with Crippen molar-refractivity contribution >= 4 is 27.6 Å². The largest absolute Gasteiger partial charge is 0.356 e. The summed E-state index contributed by atoms with van der Waals surface area (Å²) in [5, 5.41) is 2.83. The van der Waals surface area contributed by atoms with E-state index in [9.17, 15) is 9.59 Å². The van der Waals surface area contributed by atoms with Crippen molar-refractivity contribution in [1.82, 2.24) is 5.32 Å². The van der Waals surface area contributed by atoms with Crippen molar-refractivity contribution < 1.29 is 9.59 Å². The number of benzene rings is 1. The lowest BCUT2D eigenvalue weighted by atomic mass is 10.1. The molecule has 0 aromatic heterocycles. The number of carbonyl (C=O) groups excluding carboxylic acids is 2. The van der Waals surface area contributed by atoms with E-state index in [0.29, 0.717) is 13.0 Å². The lowest BCUT2D eigenvalue weighted by Gasteiger charge is -2.08. The third kappa shape index (κ3) is 5.45. The summed E-state index contributed by atoms with van der Waals surface area (Å²) in [7, 11) is 0. The Bertz CT molecular complexity index is 443. The van der Waals surface area contributed by atoms with Crippen LogP contribution in [0.3, 0.4) is 0 Å². The van der Waals surface area contributed by atoms with E-state index >= 15 is 0 Å². The zero-order chi connectivity index (χ0) is 13.5. The first-order chi connectivity index (χ1) is 8.49. The summed E-state index contributed by atoms with van der Waals surface area (Å²) in [6.45, 7) is 4.16. The van der Waals surface area contributed by atoms with Gasteiger partial charge < -0.3 is 10.1 Å². The molecule has 0 saturated carbocycles. The van der Waals surface area contributed by atoms with Crippen LogP contribution in [0.25, 0.3) is 0 Å². The molecule has 4 heteroatoms.